The van der Waals surface area contributed by atoms with Gasteiger partial charge in [-0.05, 0) is 30.9 Å². The second kappa shape index (κ2) is 5.96. The highest BCUT2D eigenvalue weighted by Crippen LogP contribution is 2.19. The number of hydrogen-bond acceptors (Lipinski definition) is 3. The van der Waals surface area contributed by atoms with Gasteiger partial charge in [-0.15, -0.1) is 0 Å². The molecule has 0 unspecified atom stereocenters. The molecule has 3 rings (SSSR count). The first kappa shape index (κ1) is 16.0. The number of para-hydroxylation sites is 1. The van der Waals surface area contributed by atoms with Crippen LogP contribution in [0.2, 0.25) is 0 Å². The largest absolute Gasteiger partial charge is 0.311 e. The molecule has 2 heterocycles. The number of aryl methyl sites for hydroxylation is 3. The van der Waals surface area contributed by atoms with Crippen molar-refractivity contribution in [2.45, 2.75) is 20.3 Å². The molecule has 0 saturated carbocycles. The highest BCUT2D eigenvalue weighted by atomic mass is 16.2. The molecule has 0 atom stereocenters. The van der Waals surface area contributed by atoms with Crippen LogP contribution < -0.4 is 10.9 Å². The van der Waals surface area contributed by atoms with Gasteiger partial charge in [0.1, 0.15) is 11.4 Å². The van der Waals surface area contributed by atoms with E-state index in [1.807, 2.05) is 38.1 Å². The van der Waals surface area contributed by atoms with Crippen molar-refractivity contribution in [2.75, 3.05) is 5.32 Å². The average Bonchev–Trinajstić information content (AvgIpc) is 2.85. The molecule has 0 spiro atoms. The van der Waals surface area contributed by atoms with Gasteiger partial charge < -0.3 is 9.88 Å². The van der Waals surface area contributed by atoms with Crippen molar-refractivity contribution in [3.63, 3.8) is 0 Å². The molecular formula is C18H20N4O2. The lowest BCUT2D eigenvalue weighted by atomic mass is 10.1. The van der Waals surface area contributed by atoms with Crippen LogP contribution in [0.5, 0.6) is 0 Å². The molecule has 0 fully saturated rings. The number of hydrogen-bond donors (Lipinski definition) is 1. The third-order valence-corrected chi connectivity index (χ3v) is 4.33. The second-order valence-electron chi connectivity index (χ2n) is 5.83. The molecule has 6 heteroatoms. The van der Waals surface area contributed by atoms with Crippen molar-refractivity contribution in [1.82, 2.24) is 14.3 Å². The number of carbonyl (C=O) groups is 1. The summed E-state index contributed by atoms with van der Waals surface area (Å²) < 4.78 is 3.13. The smallest absolute Gasteiger partial charge is 0.263 e. The Morgan fingerprint density at radius 3 is 2.62 bits per heavy atom. The summed E-state index contributed by atoms with van der Waals surface area (Å²) in [4.78, 5) is 25.2. The Kier molecular flexibility index (Phi) is 3.97. The number of benzene rings is 1. The van der Waals surface area contributed by atoms with E-state index in [0.717, 1.165) is 28.6 Å². The molecule has 0 aliphatic rings. The second-order valence-corrected chi connectivity index (χ2v) is 5.83. The molecule has 3 aromatic rings. The van der Waals surface area contributed by atoms with Gasteiger partial charge in [-0.25, -0.2) is 0 Å². The fourth-order valence-electron chi connectivity index (χ4n) is 2.96. The zero-order valence-electron chi connectivity index (χ0n) is 14.3. The first-order chi connectivity index (χ1) is 11.4. The highest BCUT2D eigenvalue weighted by molar-refractivity contribution is 6.05. The first-order valence-corrected chi connectivity index (χ1v) is 7.86. The lowest BCUT2D eigenvalue weighted by molar-refractivity contribution is 0.102. The van der Waals surface area contributed by atoms with Crippen LogP contribution in [0.25, 0.3) is 10.9 Å². The van der Waals surface area contributed by atoms with E-state index < -0.39 is 5.91 Å². The summed E-state index contributed by atoms with van der Waals surface area (Å²) in [6.07, 6.45) is 0.785. The van der Waals surface area contributed by atoms with Gasteiger partial charge in [0.05, 0.1) is 11.2 Å². The quantitative estimate of drug-likeness (QED) is 0.804. The number of fused-ring (bicyclic) bond motifs is 1. The summed E-state index contributed by atoms with van der Waals surface area (Å²) in [6, 6.07) is 9.13. The maximum Gasteiger partial charge on any atom is 0.263 e. The summed E-state index contributed by atoms with van der Waals surface area (Å²) >= 11 is 0. The Balaban J connectivity index is 2.05. The van der Waals surface area contributed by atoms with Crippen molar-refractivity contribution < 1.29 is 4.79 Å². The molecule has 24 heavy (non-hydrogen) atoms. The number of pyridine rings is 1. The number of carbonyl (C=O) groups excluding carboxylic acids is 1. The van der Waals surface area contributed by atoms with Crippen LogP contribution >= 0.6 is 0 Å². The Bertz CT molecular complexity index is 998. The van der Waals surface area contributed by atoms with Crippen LogP contribution in [0.1, 0.15) is 28.5 Å². The minimum Gasteiger partial charge on any atom is -0.311 e. The minimum atomic E-state index is -0.421. The van der Waals surface area contributed by atoms with Crippen molar-refractivity contribution in [1.29, 1.82) is 0 Å². The van der Waals surface area contributed by atoms with Crippen LogP contribution in [0.15, 0.2) is 35.1 Å². The van der Waals surface area contributed by atoms with Gasteiger partial charge >= 0.3 is 0 Å². The molecular weight excluding hydrogens is 304 g/mol. The molecule has 6 nitrogen and oxygen atoms in total. The molecule has 1 N–H and O–H groups in total. The number of rotatable bonds is 3. The van der Waals surface area contributed by atoms with Gasteiger partial charge in [-0.2, -0.15) is 5.10 Å². The van der Waals surface area contributed by atoms with E-state index >= 15 is 0 Å². The SMILES string of the molecule is CCc1nn(C)c(NC(=O)c2cc3ccccc3n(C)c2=O)c1C. The van der Waals surface area contributed by atoms with Gasteiger partial charge in [0.15, 0.2) is 0 Å². The predicted molar refractivity (Wildman–Crippen MR) is 94.5 cm³/mol. The molecule has 0 aliphatic heterocycles. The molecule has 124 valence electrons. The first-order valence-electron chi connectivity index (χ1n) is 7.86. The Hall–Kier alpha value is -2.89. The molecule has 1 amide bonds. The van der Waals surface area contributed by atoms with Gasteiger partial charge in [0, 0.05) is 19.7 Å². The normalized spacial score (nSPS) is 11.0. The zero-order chi connectivity index (χ0) is 17.4. The maximum atomic E-state index is 12.7. The predicted octanol–water partition coefficient (Wildman–Crippen LogP) is 2.40. The summed E-state index contributed by atoms with van der Waals surface area (Å²) in [5.74, 6) is 0.196. The number of nitrogens with one attached hydrogen (secondary N) is 1. The summed E-state index contributed by atoms with van der Waals surface area (Å²) in [5, 5.41) is 8.06. The monoisotopic (exact) mass is 324 g/mol. The van der Waals surface area contributed by atoms with Gasteiger partial charge in [0.2, 0.25) is 0 Å². The lowest BCUT2D eigenvalue weighted by Gasteiger charge is -2.10. The van der Waals surface area contributed by atoms with E-state index in [1.54, 1.807) is 24.8 Å². The summed E-state index contributed by atoms with van der Waals surface area (Å²) in [6.45, 7) is 3.93. The average molecular weight is 324 g/mol. The van der Waals surface area contributed by atoms with E-state index in [9.17, 15) is 9.59 Å². The molecule has 0 saturated heterocycles. The minimum absolute atomic E-state index is 0.120. The van der Waals surface area contributed by atoms with E-state index in [2.05, 4.69) is 10.4 Å². The number of nitrogens with zero attached hydrogens (tertiary/aromatic N) is 3. The van der Waals surface area contributed by atoms with Crippen LogP contribution in [0.3, 0.4) is 0 Å². The van der Waals surface area contributed by atoms with Gasteiger partial charge in [0.25, 0.3) is 11.5 Å². The van der Waals surface area contributed by atoms with Crippen molar-refractivity contribution >= 4 is 22.6 Å². The third kappa shape index (κ3) is 2.50. The van der Waals surface area contributed by atoms with E-state index in [1.165, 1.54) is 4.57 Å². The van der Waals surface area contributed by atoms with Crippen LogP contribution in [0, 0.1) is 6.92 Å². The Morgan fingerprint density at radius 1 is 1.25 bits per heavy atom. The lowest BCUT2D eigenvalue weighted by Crippen LogP contribution is -2.28. The fourth-order valence-corrected chi connectivity index (χ4v) is 2.96. The summed E-state index contributed by atoms with van der Waals surface area (Å²) in [5.41, 5.74) is 2.45. The zero-order valence-corrected chi connectivity index (χ0v) is 14.3. The van der Waals surface area contributed by atoms with Crippen LogP contribution in [0.4, 0.5) is 5.82 Å². The molecule has 2 aromatic heterocycles. The maximum absolute atomic E-state index is 12.7. The molecule has 1 aromatic carbocycles. The number of anilines is 1. The highest BCUT2D eigenvalue weighted by Gasteiger charge is 2.18. The van der Waals surface area contributed by atoms with Crippen LogP contribution in [-0.2, 0) is 20.5 Å². The van der Waals surface area contributed by atoms with E-state index in [-0.39, 0.29) is 11.1 Å². The van der Waals surface area contributed by atoms with E-state index in [4.69, 9.17) is 0 Å². The molecule has 0 radical (unpaired) electrons. The van der Waals surface area contributed by atoms with Crippen LogP contribution in [-0.4, -0.2) is 20.3 Å². The molecule has 0 aliphatic carbocycles. The van der Waals surface area contributed by atoms with Gasteiger partial charge in [-0.1, -0.05) is 25.1 Å². The van der Waals surface area contributed by atoms with Crippen molar-refractivity contribution in [3.8, 4) is 0 Å². The Labute approximate surface area is 139 Å². The third-order valence-electron chi connectivity index (χ3n) is 4.33. The topological polar surface area (TPSA) is 68.9 Å². The van der Waals surface area contributed by atoms with Crippen molar-refractivity contribution in [2.24, 2.45) is 14.1 Å². The summed E-state index contributed by atoms with van der Waals surface area (Å²) in [7, 11) is 3.45. The van der Waals surface area contributed by atoms with E-state index in [0.29, 0.717) is 5.82 Å². The fraction of sp³-hybridized carbons (Fsp3) is 0.278. The van der Waals surface area contributed by atoms with Gasteiger partial charge in [-0.3, -0.25) is 14.3 Å². The Morgan fingerprint density at radius 2 is 1.96 bits per heavy atom. The number of amides is 1. The standard InChI is InChI=1S/C18H20N4O2/c1-5-14-11(2)16(22(4)20-14)19-17(23)13-10-12-8-6-7-9-15(12)21(3)18(13)24/h6-10H,5H2,1-4H3,(H,19,23). The number of aromatic nitrogens is 3. The molecule has 0 bridgehead atoms. The van der Waals surface area contributed by atoms with Crippen molar-refractivity contribution in [3.05, 3.63) is 57.5 Å².